The maximum atomic E-state index is 12.0. The summed E-state index contributed by atoms with van der Waals surface area (Å²) in [5, 5.41) is 3.60. The number of ether oxygens (including phenoxy) is 2. The first kappa shape index (κ1) is 24.4. The van der Waals surface area contributed by atoms with E-state index < -0.39 is 35.1 Å². The zero-order valence-electron chi connectivity index (χ0n) is 18.3. The molecule has 1 fully saturated rings. The molecule has 9 nitrogen and oxygen atoms in total. The molecule has 10 heteroatoms. The molecule has 2 aromatic carbocycles. The molecule has 1 aliphatic heterocycles. The molecule has 1 saturated heterocycles. The second kappa shape index (κ2) is 11.6. The number of carbonyl (C=O) groups excluding carboxylic acids is 2. The molecule has 0 saturated carbocycles. The van der Waals surface area contributed by atoms with Crippen LogP contribution in [0.1, 0.15) is 11.1 Å². The van der Waals surface area contributed by atoms with Gasteiger partial charge in [-0.25, -0.2) is 13.1 Å². The molecule has 0 bridgehead atoms. The normalized spacial score (nSPS) is 14.3. The minimum Gasteiger partial charge on any atom is -0.455 e. The smallest absolute Gasteiger partial charge is 0.321 e. The lowest BCUT2D eigenvalue weighted by Gasteiger charge is -2.28. The number of sulfonamides is 1. The standard InChI is InChI=1S/C23H27N3O6S/c1-18-2-4-19(5-3-18)10-15-33(29,30)24-16-23(28)32-17-22(27)25-20-6-8-21(9-7-20)26-11-13-31-14-12-26/h2-10,15,24H,11-14,16-17H2,1H3,(H,25,27)/b15-10+. The number of carbonyl (C=O) groups is 2. The monoisotopic (exact) mass is 473 g/mol. The SMILES string of the molecule is Cc1ccc(/C=C/S(=O)(=O)NCC(=O)OCC(=O)Nc2ccc(N3CCOCC3)cc2)cc1. The van der Waals surface area contributed by atoms with Crippen LogP contribution in [-0.2, 0) is 29.1 Å². The van der Waals surface area contributed by atoms with Crippen LogP contribution in [0.5, 0.6) is 0 Å². The number of aryl methyl sites for hydroxylation is 1. The van der Waals surface area contributed by atoms with Crippen LogP contribution in [0.25, 0.3) is 6.08 Å². The van der Waals surface area contributed by atoms with Gasteiger partial charge in [-0.15, -0.1) is 0 Å². The molecular weight excluding hydrogens is 446 g/mol. The van der Waals surface area contributed by atoms with Gasteiger partial charge in [0.1, 0.15) is 6.54 Å². The van der Waals surface area contributed by atoms with Gasteiger partial charge < -0.3 is 19.7 Å². The van der Waals surface area contributed by atoms with Crippen LogP contribution in [-0.4, -0.2) is 59.7 Å². The third-order valence-corrected chi connectivity index (χ3v) is 5.87. The molecule has 0 unspecified atom stereocenters. The maximum absolute atomic E-state index is 12.0. The fourth-order valence-electron chi connectivity index (χ4n) is 3.02. The van der Waals surface area contributed by atoms with Crippen molar-refractivity contribution >= 4 is 39.4 Å². The summed E-state index contributed by atoms with van der Waals surface area (Å²) in [6.45, 7) is 3.82. The Morgan fingerprint density at radius 2 is 1.73 bits per heavy atom. The van der Waals surface area contributed by atoms with Crippen molar-refractivity contribution in [2.75, 3.05) is 49.7 Å². The van der Waals surface area contributed by atoms with Gasteiger partial charge in [-0.05, 0) is 42.8 Å². The molecule has 3 rings (SSSR count). The molecule has 0 aromatic heterocycles. The van der Waals surface area contributed by atoms with Crippen molar-refractivity contribution in [3.8, 4) is 0 Å². The summed E-state index contributed by atoms with van der Waals surface area (Å²) in [4.78, 5) is 26.0. The number of rotatable bonds is 9. The van der Waals surface area contributed by atoms with Crippen LogP contribution in [0.15, 0.2) is 53.9 Å². The first-order chi connectivity index (χ1) is 15.8. The van der Waals surface area contributed by atoms with Crippen molar-refractivity contribution in [2.24, 2.45) is 0 Å². The van der Waals surface area contributed by atoms with Gasteiger partial charge >= 0.3 is 5.97 Å². The molecule has 0 atom stereocenters. The topological polar surface area (TPSA) is 114 Å². The van der Waals surface area contributed by atoms with Gasteiger partial charge in [-0.1, -0.05) is 29.8 Å². The molecular formula is C23H27N3O6S. The van der Waals surface area contributed by atoms with Gasteiger partial charge in [-0.3, -0.25) is 9.59 Å². The highest BCUT2D eigenvalue weighted by atomic mass is 32.2. The van der Waals surface area contributed by atoms with Crippen molar-refractivity contribution in [2.45, 2.75) is 6.92 Å². The number of amides is 1. The summed E-state index contributed by atoms with van der Waals surface area (Å²) in [5.41, 5.74) is 3.37. The molecule has 0 radical (unpaired) electrons. The third-order valence-electron chi connectivity index (χ3n) is 4.83. The number of anilines is 2. The third kappa shape index (κ3) is 8.33. The van der Waals surface area contributed by atoms with Gasteiger partial charge in [0.25, 0.3) is 5.91 Å². The van der Waals surface area contributed by atoms with Crippen molar-refractivity contribution in [3.05, 3.63) is 65.1 Å². The minimum atomic E-state index is -3.83. The van der Waals surface area contributed by atoms with E-state index >= 15 is 0 Å². The Hall–Kier alpha value is -3.21. The first-order valence-corrected chi connectivity index (χ1v) is 12.0. The largest absolute Gasteiger partial charge is 0.455 e. The van der Waals surface area contributed by atoms with E-state index in [9.17, 15) is 18.0 Å². The van der Waals surface area contributed by atoms with Gasteiger partial charge in [0.15, 0.2) is 6.61 Å². The molecule has 0 aliphatic carbocycles. The van der Waals surface area contributed by atoms with E-state index in [2.05, 4.69) is 14.9 Å². The number of nitrogens with zero attached hydrogens (tertiary/aromatic N) is 1. The molecule has 33 heavy (non-hydrogen) atoms. The molecule has 2 N–H and O–H groups in total. The van der Waals surface area contributed by atoms with E-state index in [0.717, 1.165) is 29.7 Å². The van der Waals surface area contributed by atoms with Crippen LogP contribution >= 0.6 is 0 Å². The van der Waals surface area contributed by atoms with Crippen LogP contribution in [0.2, 0.25) is 0 Å². The number of hydrogen-bond acceptors (Lipinski definition) is 7. The summed E-state index contributed by atoms with van der Waals surface area (Å²) in [7, 11) is -3.83. The van der Waals surface area contributed by atoms with E-state index in [4.69, 9.17) is 9.47 Å². The molecule has 1 amide bonds. The molecule has 0 spiro atoms. The van der Waals surface area contributed by atoms with E-state index in [-0.39, 0.29) is 0 Å². The zero-order chi connectivity index (χ0) is 23.7. The quantitative estimate of drug-likeness (QED) is 0.535. The first-order valence-electron chi connectivity index (χ1n) is 10.4. The van der Waals surface area contributed by atoms with Gasteiger partial charge in [0, 0.05) is 29.9 Å². The van der Waals surface area contributed by atoms with E-state index in [1.165, 1.54) is 6.08 Å². The predicted octanol–water partition coefficient (Wildman–Crippen LogP) is 1.90. The van der Waals surface area contributed by atoms with Crippen molar-refractivity contribution in [1.29, 1.82) is 0 Å². The second-order valence-electron chi connectivity index (χ2n) is 7.43. The van der Waals surface area contributed by atoms with Crippen LogP contribution < -0.4 is 14.9 Å². The minimum absolute atomic E-state index is 0.523. The lowest BCUT2D eigenvalue weighted by molar-refractivity contribution is -0.146. The lowest BCUT2D eigenvalue weighted by Crippen LogP contribution is -2.36. The molecule has 1 aliphatic rings. The fraction of sp³-hybridized carbons (Fsp3) is 0.304. The highest BCUT2D eigenvalue weighted by Crippen LogP contribution is 2.19. The highest BCUT2D eigenvalue weighted by molar-refractivity contribution is 7.92. The Morgan fingerprint density at radius 1 is 1.06 bits per heavy atom. The van der Waals surface area contributed by atoms with E-state index in [1.54, 1.807) is 24.3 Å². The average Bonchev–Trinajstić information content (AvgIpc) is 2.82. The summed E-state index contributed by atoms with van der Waals surface area (Å²) in [6.07, 6.45) is 1.42. The zero-order valence-corrected chi connectivity index (χ0v) is 19.1. The Morgan fingerprint density at radius 3 is 2.39 bits per heavy atom. The number of benzene rings is 2. The van der Waals surface area contributed by atoms with Crippen LogP contribution in [0, 0.1) is 6.92 Å². The Balaban J connectivity index is 1.39. The summed E-state index contributed by atoms with van der Waals surface area (Å²) < 4.78 is 36.3. The second-order valence-corrected chi connectivity index (χ2v) is 9.09. The summed E-state index contributed by atoms with van der Waals surface area (Å²) >= 11 is 0. The summed E-state index contributed by atoms with van der Waals surface area (Å²) in [5.74, 6) is -1.38. The van der Waals surface area contributed by atoms with Crippen molar-refractivity contribution in [1.82, 2.24) is 4.72 Å². The molecule has 176 valence electrons. The maximum Gasteiger partial charge on any atom is 0.321 e. The Kier molecular flexibility index (Phi) is 8.58. The highest BCUT2D eigenvalue weighted by Gasteiger charge is 2.13. The number of morpholine rings is 1. The van der Waals surface area contributed by atoms with E-state index in [0.29, 0.717) is 24.5 Å². The van der Waals surface area contributed by atoms with Crippen molar-refractivity contribution < 1.29 is 27.5 Å². The van der Waals surface area contributed by atoms with Gasteiger partial charge in [0.2, 0.25) is 10.0 Å². The van der Waals surface area contributed by atoms with Gasteiger partial charge in [-0.2, -0.15) is 0 Å². The van der Waals surface area contributed by atoms with Crippen LogP contribution in [0.3, 0.4) is 0 Å². The average molecular weight is 474 g/mol. The fourth-order valence-corrected chi connectivity index (χ4v) is 3.78. The number of hydrogen-bond donors (Lipinski definition) is 2. The number of nitrogens with one attached hydrogen (secondary N) is 2. The van der Waals surface area contributed by atoms with Crippen LogP contribution in [0.4, 0.5) is 11.4 Å². The molecule has 1 heterocycles. The van der Waals surface area contributed by atoms with Crippen molar-refractivity contribution in [3.63, 3.8) is 0 Å². The Bertz CT molecular complexity index is 1080. The van der Waals surface area contributed by atoms with E-state index in [1.807, 2.05) is 31.2 Å². The lowest BCUT2D eigenvalue weighted by atomic mass is 10.2. The Labute approximate surface area is 193 Å². The number of esters is 1. The van der Waals surface area contributed by atoms with Gasteiger partial charge in [0.05, 0.1) is 13.2 Å². The predicted molar refractivity (Wildman–Crippen MR) is 126 cm³/mol. The molecule has 2 aromatic rings. The summed E-state index contributed by atoms with van der Waals surface area (Å²) in [6, 6.07) is 14.6.